The summed E-state index contributed by atoms with van der Waals surface area (Å²) in [5, 5.41) is 26.5. The van der Waals surface area contributed by atoms with E-state index in [2.05, 4.69) is 10.6 Å². The molecule has 0 saturated carbocycles. The molecule has 0 aliphatic heterocycles. The highest BCUT2D eigenvalue weighted by Crippen LogP contribution is 2.24. The van der Waals surface area contributed by atoms with Gasteiger partial charge in [-0.1, -0.05) is 0 Å². The number of hydrogen-bond acceptors (Lipinski definition) is 6. The van der Waals surface area contributed by atoms with Crippen molar-refractivity contribution in [2.24, 2.45) is 0 Å². The summed E-state index contributed by atoms with van der Waals surface area (Å²) in [4.78, 5) is 30.9. The third-order valence-electron chi connectivity index (χ3n) is 2.36. The number of rotatable bonds is 6. The van der Waals surface area contributed by atoms with Crippen molar-refractivity contribution >= 4 is 17.3 Å². The number of carbonyl (C=O) groups excluding carboxylic acids is 1. The summed E-state index contributed by atoms with van der Waals surface area (Å²) in [5.74, 6) is -0.260. The van der Waals surface area contributed by atoms with Crippen molar-refractivity contribution in [1.82, 2.24) is 10.6 Å². The quantitative estimate of drug-likeness (QED) is 0.565. The summed E-state index contributed by atoms with van der Waals surface area (Å²) in [7, 11) is 1.47. The Kier molecular flexibility index (Phi) is 4.89. The molecule has 0 aromatic heterocycles. The molecule has 2 N–H and O–H groups in total. The number of likely N-dealkylation sites (N-methyl/N-ethyl adjacent to an activating group) is 1. The van der Waals surface area contributed by atoms with E-state index in [1.54, 1.807) is 0 Å². The first-order valence-electron chi connectivity index (χ1n) is 5.28. The van der Waals surface area contributed by atoms with Crippen molar-refractivity contribution in [2.45, 2.75) is 6.54 Å². The number of hydrogen-bond donors (Lipinski definition) is 2. The lowest BCUT2D eigenvalue weighted by Gasteiger charge is -2.05. The molecule has 1 rings (SSSR count). The number of nitro benzene ring substituents is 2. The molecule has 0 aliphatic carbocycles. The van der Waals surface area contributed by atoms with Crippen LogP contribution in [0.1, 0.15) is 5.56 Å². The van der Waals surface area contributed by atoms with Gasteiger partial charge >= 0.3 is 0 Å². The summed E-state index contributed by atoms with van der Waals surface area (Å²) in [5.41, 5.74) is -0.417. The minimum Gasteiger partial charge on any atom is -0.358 e. The molecule has 0 radical (unpaired) electrons. The summed E-state index contributed by atoms with van der Waals surface area (Å²) in [6.45, 7) is 0.0758. The van der Waals surface area contributed by atoms with Crippen LogP contribution >= 0.6 is 0 Å². The molecule has 0 bridgehead atoms. The van der Waals surface area contributed by atoms with Gasteiger partial charge in [-0.2, -0.15) is 0 Å². The van der Waals surface area contributed by atoms with Crippen molar-refractivity contribution in [3.8, 4) is 0 Å². The molecule has 0 heterocycles. The van der Waals surface area contributed by atoms with Crippen LogP contribution in [0.15, 0.2) is 18.2 Å². The zero-order valence-electron chi connectivity index (χ0n) is 10.1. The number of benzene rings is 1. The van der Waals surface area contributed by atoms with E-state index >= 15 is 0 Å². The molecule has 0 atom stereocenters. The highest BCUT2D eigenvalue weighted by Gasteiger charge is 2.18. The zero-order valence-corrected chi connectivity index (χ0v) is 10.1. The maximum absolute atomic E-state index is 11.0. The monoisotopic (exact) mass is 268 g/mol. The smallest absolute Gasteiger partial charge is 0.280 e. The van der Waals surface area contributed by atoms with Gasteiger partial charge in [0.15, 0.2) is 0 Å². The molecule has 0 aliphatic rings. The highest BCUT2D eigenvalue weighted by molar-refractivity contribution is 5.77. The van der Waals surface area contributed by atoms with Gasteiger partial charge in [-0.25, -0.2) is 0 Å². The van der Waals surface area contributed by atoms with E-state index in [0.29, 0.717) is 0 Å². The van der Waals surface area contributed by atoms with E-state index in [9.17, 15) is 25.0 Å². The van der Waals surface area contributed by atoms with Crippen molar-refractivity contribution in [2.75, 3.05) is 13.6 Å². The second-order valence-corrected chi connectivity index (χ2v) is 3.60. The van der Waals surface area contributed by atoms with Crippen molar-refractivity contribution in [3.63, 3.8) is 0 Å². The van der Waals surface area contributed by atoms with Gasteiger partial charge < -0.3 is 10.6 Å². The van der Waals surface area contributed by atoms with Crippen molar-refractivity contribution in [1.29, 1.82) is 0 Å². The first-order valence-corrected chi connectivity index (χ1v) is 5.28. The fourth-order valence-electron chi connectivity index (χ4n) is 1.38. The Morgan fingerprint density at radius 3 is 2.47 bits per heavy atom. The van der Waals surface area contributed by atoms with Crippen LogP contribution in [0.4, 0.5) is 11.4 Å². The Morgan fingerprint density at radius 2 is 1.95 bits per heavy atom. The topological polar surface area (TPSA) is 127 Å². The van der Waals surface area contributed by atoms with Gasteiger partial charge in [0.2, 0.25) is 5.91 Å². The van der Waals surface area contributed by atoms with Gasteiger partial charge in [0.05, 0.1) is 22.5 Å². The average Bonchev–Trinajstić information content (AvgIpc) is 2.38. The van der Waals surface area contributed by atoms with Crippen LogP contribution in [0.5, 0.6) is 0 Å². The normalized spacial score (nSPS) is 9.95. The van der Waals surface area contributed by atoms with Crippen molar-refractivity contribution < 1.29 is 14.6 Å². The molecule has 0 unspecified atom stereocenters. The SMILES string of the molecule is CNC(=O)CNCc1ccc([N+](=O)[O-])cc1[N+](=O)[O-]. The zero-order chi connectivity index (χ0) is 14.4. The predicted octanol–water partition coefficient (Wildman–Crippen LogP) is 0.339. The minimum absolute atomic E-state index is 0.00460. The summed E-state index contributed by atoms with van der Waals surface area (Å²) in [6, 6.07) is 3.38. The molecular formula is C10H12N4O5. The molecule has 1 aromatic rings. The van der Waals surface area contributed by atoms with Gasteiger partial charge in [-0.05, 0) is 6.07 Å². The van der Waals surface area contributed by atoms with Crippen LogP contribution in [-0.2, 0) is 11.3 Å². The number of nitrogens with one attached hydrogen (secondary N) is 2. The van der Waals surface area contributed by atoms with Gasteiger partial charge in [0.25, 0.3) is 11.4 Å². The molecule has 9 nitrogen and oxygen atoms in total. The maximum Gasteiger partial charge on any atom is 0.280 e. The molecule has 1 amide bonds. The lowest BCUT2D eigenvalue weighted by molar-refractivity contribution is -0.394. The molecule has 9 heteroatoms. The highest BCUT2D eigenvalue weighted by atomic mass is 16.6. The van der Waals surface area contributed by atoms with Gasteiger partial charge in [0, 0.05) is 25.2 Å². The van der Waals surface area contributed by atoms with Gasteiger partial charge in [-0.3, -0.25) is 25.0 Å². The number of carbonyl (C=O) groups is 1. The fraction of sp³-hybridized carbons (Fsp3) is 0.300. The van der Waals surface area contributed by atoms with E-state index in [1.807, 2.05) is 0 Å². The number of nitrogens with zero attached hydrogens (tertiary/aromatic N) is 2. The van der Waals surface area contributed by atoms with Crippen LogP contribution in [0, 0.1) is 20.2 Å². The van der Waals surface area contributed by atoms with Crippen LogP contribution < -0.4 is 10.6 Å². The van der Waals surface area contributed by atoms with E-state index in [-0.39, 0.29) is 35.9 Å². The lowest BCUT2D eigenvalue weighted by Crippen LogP contribution is -2.31. The lowest BCUT2D eigenvalue weighted by atomic mass is 10.1. The first kappa shape index (κ1) is 14.5. The standard InChI is InChI=1S/C10H12N4O5/c1-11-10(15)6-12-5-7-2-3-8(13(16)17)4-9(7)14(18)19/h2-4,12H,5-6H2,1H3,(H,11,15). The van der Waals surface area contributed by atoms with Gasteiger partial charge in [0.1, 0.15) is 0 Å². The second-order valence-electron chi connectivity index (χ2n) is 3.60. The Hall–Kier alpha value is -2.55. The van der Waals surface area contributed by atoms with Crippen LogP contribution in [0.3, 0.4) is 0 Å². The molecule has 0 saturated heterocycles. The maximum atomic E-state index is 11.0. The summed E-state index contributed by atoms with van der Waals surface area (Å²) >= 11 is 0. The number of amides is 1. The van der Waals surface area contributed by atoms with Crippen LogP contribution in [0.25, 0.3) is 0 Å². The first-order chi connectivity index (χ1) is 8.95. The summed E-state index contributed by atoms with van der Waals surface area (Å²) in [6.07, 6.45) is 0. The van der Waals surface area contributed by atoms with Gasteiger partial charge in [-0.15, -0.1) is 0 Å². The van der Waals surface area contributed by atoms with Crippen molar-refractivity contribution in [3.05, 3.63) is 44.0 Å². The minimum atomic E-state index is -0.700. The number of non-ortho nitro benzene ring substituents is 1. The molecular weight excluding hydrogens is 256 g/mol. The molecule has 19 heavy (non-hydrogen) atoms. The van der Waals surface area contributed by atoms with Crippen LogP contribution in [-0.4, -0.2) is 29.3 Å². The molecule has 1 aromatic carbocycles. The molecule has 102 valence electrons. The van der Waals surface area contributed by atoms with E-state index in [4.69, 9.17) is 0 Å². The third-order valence-corrected chi connectivity index (χ3v) is 2.36. The largest absolute Gasteiger partial charge is 0.358 e. The van der Waals surface area contributed by atoms with E-state index in [1.165, 1.54) is 19.2 Å². The Morgan fingerprint density at radius 1 is 1.26 bits per heavy atom. The fourth-order valence-corrected chi connectivity index (χ4v) is 1.38. The Balaban J connectivity index is 2.85. The third kappa shape index (κ3) is 4.00. The second kappa shape index (κ2) is 6.40. The molecule has 0 fully saturated rings. The Bertz CT molecular complexity index is 517. The van der Waals surface area contributed by atoms with E-state index < -0.39 is 9.85 Å². The van der Waals surface area contributed by atoms with Crippen LogP contribution in [0.2, 0.25) is 0 Å². The Labute approximate surface area is 107 Å². The summed E-state index contributed by atoms with van der Waals surface area (Å²) < 4.78 is 0. The number of nitro groups is 2. The molecule has 0 spiro atoms. The predicted molar refractivity (Wildman–Crippen MR) is 65.5 cm³/mol. The van der Waals surface area contributed by atoms with E-state index in [0.717, 1.165) is 6.07 Å². The average molecular weight is 268 g/mol.